The molecular formula is C21H22N4O3. The van der Waals surface area contributed by atoms with Crippen LogP contribution in [0.3, 0.4) is 0 Å². The second-order valence-corrected chi connectivity index (χ2v) is 7.83. The predicted molar refractivity (Wildman–Crippen MR) is 103 cm³/mol. The van der Waals surface area contributed by atoms with Crippen molar-refractivity contribution < 1.29 is 9.32 Å². The summed E-state index contributed by atoms with van der Waals surface area (Å²) < 4.78 is 6.89. The molecule has 5 rings (SSSR count). The van der Waals surface area contributed by atoms with Gasteiger partial charge in [-0.2, -0.15) is 0 Å². The Morgan fingerprint density at radius 1 is 1.25 bits per heavy atom. The third-order valence-corrected chi connectivity index (χ3v) is 5.69. The summed E-state index contributed by atoms with van der Waals surface area (Å²) in [5.41, 5.74) is 0.983. The third kappa shape index (κ3) is 2.91. The largest absolute Gasteiger partial charge is 0.361 e. The number of para-hydroxylation sites is 1. The van der Waals surface area contributed by atoms with E-state index in [1.54, 1.807) is 17.9 Å². The Balaban J connectivity index is 1.60. The van der Waals surface area contributed by atoms with Gasteiger partial charge in [0.2, 0.25) is 0 Å². The van der Waals surface area contributed by atoms with Crippen molar-refractivity contribution >= 4 is 16.8 Å². The highest BCUT2D eigenvalue weighted by Gasteiger charge is 2.36. The fraction of sp³-hybridized carbons (Fsp3) is 0.429. The molecule has 1 aliphatic heterocycles. The summed E-state index contributed by atoms with van der Waals surface area (Å²) in [6, 6.07) is 8.88. The van der Waals surface area contributed by atoms with Gasteiger partial charge in [0.15, 0.2) is 5.69 Å². The van der Waals surface area contributed by atoms with Crippen LogP contribution in [-0.4, -0.2) is 32.1 Å². The molecule has 1 saturated heterocycles. The van der Waals surface area contributed by atoms with E-state index in [0.29, 0.717) is 47.2 Å². The fourth-order valence-electron chi connectivity index (χ4n) is 4.07. The molecule has 7 heteroatoms. The van der Waals surface area contributed by atoms with Gasteiger partial charge in [-0.25, -0.2) is 4.98 Å². The van der Waals surface area contributed by atoms with Gasteiger partial charge in [0, 0.05) is 19.2 Å². The van der Waals surface area contributed by atoms with Crippen LogP contribution in [0.25, 0.3) is 10.9 Å². The van der Waals surface area contributed by atoms with Gasteiger partial charge < -0.3 is 9.42 Å². The second kappa shape index (κ2) is 6.58. The molecule has 0 radical (unpaired) electrons. The number of hydrogen-bond acceptors (Lipinski definition) is 5. The van der Waals surface area contributed by atoms with Crippen LogP contribution >= 0.6 is 0 Å². The number of benzene rings is 1. The Hall–Kier alpha value is -2.96. The zero-order valence-corrected chi connectivity index (χ0v) is 15.8. The lowest BCUT2D eigenvalue weighted by molar-refractivity contribution is 0.0715. The van der Waals surface area contributed by atoms with Crippen molar-refractivity contribution in [1.29, 1.82) is 0 Å². The maximum absolute atomic E-state index is 13.2. The van der Waals surface area contributed by atoms with Gasteiger partial charge in [0.25, 0.3) is 11.5 Å². The highest BCUT2D eigenvalue weighted by Crippen LogP contribution is 2.35. The van der Waals surface area contributed by atoms with Gasteiger partial charge >= 0.3 is 0 Å². The molecule has 28 heavy (non-hydrogen) atoms. The van der Waals surface area contributed by atoms with E-state index in [9.17, 15) is 9.59 Å². The number of carbonyl (C=O) groups excluding carboxylic acids is 1. The molecule has 1 aliphatic carbocycles. The molecule has 1 saturated carbocycles. The maximum atomic E-state index is 13.2. The Kier molecular flexibility index (Phi) is 4.03. The molecule has 0 N–H and O–H groups in total. The first kappa shape index (κ1) is 17.2. The first-order chi connectivity index (χ1) is 13.6. The van der Waals surface area contributed by atoms with Crippen LogP contribution in [0.1, 0.15) is 53.8 Å². The summed E-state index contributed by atoms with van der Waals surface area (Å²) >= 11 is 0. The SMILES string of the molecule is Cc1cc(C(=O)N2CCCC2c2nc3ccccc3c(=O)n2CC2CC2)no1. The smallest absolute Gasteiger partial charge is 0.276 e. The van der Waals surface area contributed by atoms with Crippen LogP contribution in [0.5, 0.6) is 0 Å². The number of likely N-dealkylation sites (tertiary alicyclic amines) is 1. The monoisotopic (exact) mass is 378 g/mol. The van der Waals surface area contributed by atoms with Crippen molar-refractivity contribution in [1.82, 2.24) is 19.6 Å². The minimum Gasteiger partial charge on any atom is -0.361 e. The number of amides is 1. The molecule has 2 aliphatic rings. The van der Waals surface area contributed by atoms with Crippen LogP contribution in [0.2, 0.25) is 0 Å². The third-order valence-electron chi connectivity index (χ3n) is 5.69. The summed E-state index contributed by atoms with van der Waals surface area (Å²) in [7, 11) is 0. The fourth-order valence-corrected chi connectivity index (χ4v) is 4.07. The van der Waals surface area contributed by atoms with Crippen LogP contribution < -0.4 is 5.56 Å². The van der Waals surface area contributed by atoms with Gasteiger partial charge in [-0.05, 0) is 50.7 Å². The number of fused-ring (bicyclic) bond motifs is 1. The minimum atomic E-state index is -0.222. The number of carbonyl (C=O) groups is 1. The average molecular weight is 378 g/mol. The molecule has 3 aromatic rings. The topological polar surface area (TPSA) is 81.2 Å². The molecule has 2 fully saturated rings. The van der Waals surface area contributed by atoms with E-state index in [0.717, 1.165) is 25.7 Å². The average Bonchev–Trinajstić information content (AvgIpc) is 3.20. The molecule has 1 amide bonds. The van der Waals surface area contributed by atoms with Gasteiger partial charge in [-0.1, -0.05) is 17.3 Å². The molecule has 1 aromatic carbocycles. The lowest BCUT2D eigenvalue weighted by Crippen LogP contribution is -2.36. The molecule has 0 spiro atoms. The van der Waals surface area contributed by atoms with Crippen molar-refractivity contribution in [2.45, 2.75) is 45.2 Å². The molecule has 0 bridgehead atoms. The summed E-state index contributed by atoms with van der Waals surface area (Å²) in [5.74, 6) is 1.66. The lowest BCUT2D eigenvalue weighted by atomic mass is 10.1. The Bertz CT molecular complexity index is 1110. The highest BCUT2D eigenvalue weighted by molar-refractivity contribution is 5.92. The summed E-state index contributed by atoms with van der Waals surface area (Å²) in [5, 5.41) is 4.52. The van der Waals surface area contributed by atoms with Crippen molar-refractivity contribution in [3.05, 3.63) is 58.0 Å². The molecular weight excluding hydrogens is 356 g/mol. The van der Waals surface area contributed by atoms with Crippen molar-refractivity contribution in [2.24, 2.45) is 5.92 Å². The molecule has 1 atom stereocenters. The maximum Gasteiger partial charge on any atom is 0.276 e. The van der Waals surface area contributed by atoms with E-state index < -0.39 is 0 Å². The van der Waals surface area contributed by atoms with E-state index in [2.05, 4.69) is 5.16 Å². The number of aromatic nitrogens is 3. The first-order valence-electron chi connectivity index (χ1n) is 9.85. The van der Waals surface area contributed by atoms with Gasteiger partial charge in [-0.3, -0.25) is 14.2 Å². The molecule has 144 valence electrons. The number of hydrogen-bond donors (Lipinski definition) is 0. The molecule has 1 unspecified atom stereocenters. The number of nitrogens with zero attached hydrogens (tertiary/aromatic N) is 4. The normalized spacial score (nSPS) is 19.5. The van der Waals surface area contributed by atoms with Crippen LogP contribution in [0.15, 0.2) is 39.6 Å². The van der Waals surface area contributed by atoms with Crippen molar-refractivity contribution in [3.63, 3.8) is 0 Å². The lowest BCUT2D eigenvalue weighted by Gasteiger charge is -2.26. The number of aryl methyl sites for hydroxylation is 1. The zero-order chi connectivity index (χ0) is 19.3. The number of rotatable bonds is 4. The van der Waals surface area contributed by atoms with E-state index in [1.807, 2.05) is 28.8 Å². The van der Waals surface area contributed by atoms with Crippen LogP contribution in [-0.2, 0) is 6.54 Å². The van der Waals surface area contributed by atoms with Gasteiger partial charge in [-0.15, -0.1) is 0 Å². The van der Waals surface area contributed by atoms with Crippen LogP contribution in [0.4, 0.5) is 0 Å². The van der Waals surface area contributed by atoms with Gasteiger partial charge in [0.05, 0.1) is 16.9 Å². The van der Waals surface area contributed by atoms with Crippen LogP contribution in [0, 0.1) is 12.8 Å². The quantitative estimate of drug-likeness (QED) is 0.697. The highest BCUT2D eigenvalue weighted by atomic mass is 16.5. The van der Waals surface area contributed by atoms with E-state index in [1.165, 1.54) is 0 Å². The summed E-state index contributed by atoms with van der Waals surface area (Å²) in [6.45, 7) is 3.07. The summed E-state index contributed by atoms with van der Waals surface area (Å²) in [6.07, 6.45) is 3.95. The molecule has 3 heterocycles. The molecule has 2 aromatic heterocycles. The first-order valence-corrected chi connectivity index (χ1v) is 9.85. The second-order valence-electron chi connectivity index (χ2n) is 7.83. The van der Waals surface area contributed by atoms with E-state index in [4.69, 9.17) is 9.51 Å². The minimum absolute atomic E-state index is 0.0101. The standard InChI is InChI=1S/C21H22N4O3/c1-13-11-17(23-28-13)21(27)24-10-4-7-18(24)19-22-16-6-3-2-5-15(16)20(26)25(19)12-14-8-9-14/h2-3,5-6,11,14,18H,4,7-10,12H2,1H3. The van der Waals surface area contributed by atoms with E-state index >= 15 is 0 Å². The van der Waals surface area contributed by atoms with Crippen molar-refractivity contribution in [2.75, 3.05) is 6.54 Å². The molecule has 7 nitrogen and oxygen atoms in total. The predicted octanol–water partition coefficient (Wildman–Crippen LogP) is 3.08. The van der Waals surface area contributed by atoms with Crippen molar-refractivity contribution in [3.8, 4) is 0 Å². The Morgan fingerprint density at radius 2 is 2.07 bits per heavy atom. The zero-order valence-electron chi connectivity index (χ0n) is 15.8. The Labute approximate surface area is 162 Å². The Morgan fingerprint density at radius 3 is 2.82 bits per heavy atom. The van der Waals surface area contributed by atoms with Gasteiger partial charge in [0.1, 0.15) is 11.6 Å². The van der Waals surface area contributed by atoms with E-state index in [-0.39, 0.29) is 17.5 Å². The summed E-state index contributed by atoms with van der Waals surface area (Å²) in [4.78, 5) is 32.9.